The van der Waals surface area contributed by atoms with E-state index in [-0.39, 0.29) is 11.4 Å². The molecule has 1 aromatic carbocycles. The Labute approximate surface area is 74.2 Å². The summed E-state index contributed by atoms with van der Waals surface area (Å²) in [5, 5.41) is 6.83. The van der Waals surface area contributed by atoms with Gasteiger partial charge in [-0.05, 0) is 24.3 Å². The topological polar surface area (TPSA) is 49.9 Å². The predicted octanol–water partition coefficient (Wildman–Crippen LogP) is 1.91. The third kappa shape index (κ3) is 2.37. The summed E-state index contributed by atoms with van der Waals surface area (Å²) in [6.45, 7) is 0. The van der Waals surface area contributed by atoms with Gasteiger partial charge in [0.1, 0.15) is 17.5 Å². The number of halogens is 2. The molecule has 68 valence electrons. The molecule has 0 aliphatic carbocycles. The molecular formula is C9H8F2N2. The van der Waals surface area contributed by atoms with E-state index in [0.717, 1.165) is 24.3 Å². The molecule has 13 heavy (non-hydrogen) atoms. The van der Waals surface area contributed by atoms with E-state index < -0.39 is 11.6 Å². The number of hydrogen-bond donors (Lipinski definition) is 2. The number of nitrogens with one attached hydrogen (secondary N) is 1. The van der Waals surface area contributed by atoms with Crippen molar-refractivity contribution in [1.82, 2.24) is 0 Å². The van der Waals surface area contributed by atoms with Crippen molar-refractivity contribution in [1.29, 1.82) is 5.41 Å². The van der Waals surface area contributed by atoms with Gasteiger partial charge in [-0.1, -0.05) is 6.07 Å². The second kappa shape index (κ2) is 3.80. The number of rotatable bonds is 2. The maximum absolute atomic E-state index is 12.9. The summed E-state index contributed by atoms with van der Waals surface area (Å²) in [5.74, 6) is -1.59. The number of hydrogen-bond acceptors (Lipinski definition) is 1. The maximum atomic E-state index is 12.9. The fraction of sp³-hybridized carbons (Fsp3) is 0. The van der Waals surface area contributed by atoms with Gasteiger partial charge in [0, 0.05) is 5.56 Å². The van der Waals surface area contributed by atoms with Gasteiger partial charge in [0.05, 0.1) is 0 Å². The first kappa shape index (κ1) is 9.38. The summed E-state index contributed by atoms with van der Waals surface area (Å²) in [6.07, 6.45) is 2.26. The molecule has 0 amide bonds. The lowest BCUT2D eigenvalue weighted by atomic mass is 10.2. The maximum Gasteiger partial charge on any atom is 0.133 e. The first-order valence-electron chi connectivity index (χ1n) is 3.57. The molecule has 1 rings (SSSR count). The van der Waals surface area contributed by atoms with Crippen LogP contribution < -0.4 is 5.73 Å². The molecule has 0 spiro atoms. The van der Waals surface area contributed by atoms with Gasteiger partial charge in [0.2, 0.25) is 0 Å². The summed E-state index contributed by atoms with van der Waals surface area (Å²) in [4.78, 5) is 0. The minimum Gasteiger partial charge on any atom is -0.384 e. The molecule has 0 bridgehead atoms. The zero-order valence-corrected chi connectivity index (χ0v) is 6.72. The fourth-order valence-electron chi connectivity index (χ4n) is 0.843. The van der Waals surface area contributed by atoms with Crippen LogP contribution in [0.15, 0.2) is 24.3 Å². The second-order valence-corrected chi connectivity index (χ2v) is 2.42. The number of benzene rings is 1. The Bertz CT molecular complexity index is 338. The van der Waals surface area contributed by atoms with Crippen LogP contribution in [-0.2, 0) is 0 Å². The number of nitrogens with two attached hydrogens (primary N) is 1. The zero-order chi connectivity index (χ0) is 9.84. The number of amidine groups is 1. The Morgan fingerprint density at radius 1 is 1.31 bits per heavy atom. The SMILES string of the molecule is N=C(N)/C=C/c1c(F)cccc1F. The Balaban J connectivity index is 3.06. The van der Waals surface area contributed by atoms with Gasteiger partial charge >= 0.3 is 0 Å². The van der Waals surface area contributed by atoms with Crippen LogP contribution in [0.25, 0.3) is 6.08 Å². The van der Waals surface area contributed by atoms with Crippen molar-refractivity contribution in [2.75, 3.05) is 0 Å². The van der Waals surface area contributed by atoms with Crippen molar-refractivity contribution in [3.05, 3.63) is 41.5 Å². The lowest BCUT2D eigenvalue weighted by Gasteiger charge is -1.97. The highest BCUT2D eigenvalue weighted by atomic mass is 19.1. The quantitative estimate of drug-likeness (QED) is 0.532. The third-order valence-corrected chi connectivity index (χ3v) is 1.43. The molecule has 2 nitrogen and oxygen atoms in total. The highest BCUT2D eigenvalue weighted by molar-refractivity contribution is 5.92. The molecule has 0 unspecified atom stereocenters. The molecule has 0 heterocycles. The lowest BCUT2D eigenvalue weighted by Crippen LogP contribution is -2.04. The monoisotopic (exact) mass is 182 g/mol. The van der Waals surface area contributed by atoms with Crippen LogP contribution in [-0.4, -0.2) is 5.84 Å². The first-order valence-corrected chi connectivity index (χ1v) is 3.57. The van der Waals surface area contributed by atoms with Crippen LogP contribution in [0.1, 0.15) is 5.56 Å². The Morgan fingerprint density at radius 2 is 1.85 bits per heavy atom. The predicted molar refractivity (Wildman–Crippen MR) is 47.3 cm³/mol. The fourth-order valence-corrected chi connectivity index (χ4v) is 0.843. The average Bonchev–Trinajstić information content (AvgIpc) is 2.03. The third-order valence-electron chi connectivity index (χ3n) is 1.43. The summed E-state index contributed by atoms with van der Waals surface area (Å²) < 4.78 is 25.8. The zero-order valence-electron chi connectivity index (χ0n) is 6.72. The van der Waals surface area contributed by atoms with E-state index in [1.165, 1.54) is 6.07 Å². The Hall–Kier alpha value is -1.71. The summed E-state index contributed by atoms with van der Waals surface area (Å²) in [5.41, 5.74) is 4.81. The van der Waals surface area contributed by atoms with Gasteiger partial charge in [-0.2, -0.15) is 0 Å². The van der Waals surface area contributed by atoms with E-state index in [1.807, 2.05) is 0 Å². The van der Waals surface area contributed by atoms with Crippen LogP contribution in [0.4, 0.5) is 8.78 Å². The first-order chi connectivity index (χ1) is 6.11. The normalized spacial score (nSPS) is 10.6. The van der Waals surface area contributed by atoms with E-state index in [1.54, 1.807) is 0 Å². The molecular weight excluding hydrogens is 174 g/mol. The largest absolute Gasteiger partial charge is 0.384 e. The average molecular weight is 182 g/mol. The second-order valence-electron chi connectivity index (χ2n) is 2.42. The van der Waals surface area contributed by atoms with E-state index in [9.17, 15) is 8.78 Å². The van der Waals surface area contributed by atoms with E-state index in [4.69, 9.17) is 11.1 Å². The Morgan fingerprint density at radius 3 is 2.31 bits per heavy atom. The van der Waals surface area contributed by atoms with Crippen LogP contribution in [0, 0.1) is 17.0 Å². The van der Waals surface area contributed by atoms with Gasteiger partial charge in [-0.3, -0.25) is 5.41 Å². The van der Waals surface area contributed by atoms with Gasteiger partial charge in [-0.25, -0.2) is 8.78 Å². The van der Waals surface area contributed by atoms with Crippen molar-refractivity contribution in [3.63, 3.8) is 0 Å². The molecule has 1 aromatic rings. The summed E-state index contributed by atoms with van der Waals surface area (Å²) in [6, 6.07) is 3.56. The summed E-state index contributed by atoms with van der Waals surface area (Å²) >= 11 is 0. The highest BCUT2D eigenvalue weighted by Gasteiger charge is 2.03. The van der Waals surface area contributed by atoms with Gasteiger partial charge in [0.25, 0.3) is 0 Å². The minimum atomic E-state index is -0.669. The standard InChI is InChI=1S/C9H8F2N2/c10-7-2-1-3-8(11)6(7)4-5-9(12)13/h1-5H,(H3,12,13)/b5-4+. The minimum absolute atomic E-state index is 0.183. The molecule has 0 aromatic heterocycles. The van der Waals surface area contributed by atoms with E-state index >= 15 is 0 Å². The molecule has 0 aliphatic rings. The summed E-state index contributed by atoms with van der Waals surface area (Å²) in [7, 11) is 0. The van der Waals surface area contributed by atoms with Crippen LogP contribution in [0.2, 0.25) is 0 Å². The van der Waals surface area contributed by atoms with Crippen LogP contribution >= 0.6 is 0 Å². The van der Waals surface area contributed by atoms with Crippen molar-refractivity contribution in [3.8, 4) is 0 Å². The molecule has 0 atom stereocenters. The molecule has 0 aliphatic heterocycles. The van der Waals surface area contributed by atoms with Crippen molar-refractivity contribution in [2.24, 2.45) is 5.73 Å². The molecule has 0 saturated heterocycles. The van der Waals surface area contributed by atoms with Crippen molar-refractivity contribution < 1.29 is 8.78 Å². The van der Waals surface area contributed by atoms with Gasteiger partial charge in [0.15, 0.2) is 0 Å². The highest BCUT2D eigenvalue weighted by Crippen LogP contribution is 2.13. The van der Waals surface area contributed by atoms with Crippen LogP contribution in [0.5, 0.6) is 0 Å². The van der Waals surface area contributed by atoms with Gasteiger partial charge < -0.3 is 5.73 Å². The lowest BCUT2D eigenvalue weighted by molar-refractivity contribution is 0.579. The smallest absolute Gasteiger partial charge is 0.133 e. The molecule has 0 fully saturated rings. The van der Waals surface area contributed by atoms with Crippen molar-refractivity contribution in [2.45, 2.75) is 0 Å². The Kier molecular flexibility index (Phi) is 2.74. The molecule has 0 saturated carbocycles. The van der Waals surface area contributed by atoms with Crippen LogP contribution in [0.3, 0.4) is 0 Å². The van der Waals surface area contributed by atoms with E-state index in [2.05, 4.69) is 0 Å². The van der Waals surface area contributed by atoms with Crippen molar-refractivity contribution >= 4 is 11.9 Å². The molecule has 3 N–H and O–H groups in total. The van der Waals surface area contributed by atoms with Gasteiger partial charge in [-0.15, -0.1) is 0 Å². The molecule has 0 radical (unpaired) electrons. The van der Waals surface area contributed by atoms with E-state index in [0.29, 0.717) is 0 Å². The molecule has 4 heteroatoms.